The maximum absolute atomic E-state index is 14.1. The highest BCUT2D eigenvalue weighted by atomic mass is 19.4. The lowest BCUT2D eigenvalue weighted by molar-refractivity contribution is -0.138. The molecule has 0 aliphatic carbocycles. The molecule has 2 aliphatic heterocycles. The molecule has 0 spiro atoms. The summed E-state index contributed by atoms with van der Waals surface area (Å²) in [6, 6.07) is 10.1. The van der Waals surface area contributed by atoms with E-state index in [1.54, 1.807) is 18.3 Å². The molecule has 0 amide bonds. The van der Waals surface area contributed by atoms with E-state index >= 15 is 0 Å². The molecule has 1 unspecified atom stereocenters. The van der Waals surface area contributed by atoms with Gasteiger partial charge in [0.25, 0.3) is 11.9 Å². The molecule has 43 heavy (non-hydrogen) atoms. The Bertz CT molecular complexity index is 1380. The zero-order valence-electron chi connectivity index (χ0n) is 23.5. The van der Waals surface area contributed by atoms with Crippen LogP contribution in [0.25, 0.3) is 0 Å². The molecule has 1 saturated heterocycles. The second-order valence-electron chi connectivity index (χ2n) is 9.80. The van der Waals surface area contributed by atoms with E-state index in [4.69, 9.17) is 25.5 Å². The number of hydrogen-bond donors (Lipinski definition) is 6. The fourth-order valence-electron chi connectivity index (χ4n) is 4.56. The van der Waals surface area contributed by atoms with E-state index in [1.165, 1.54) is 6.33 Å². The van der Waals surface area contributed by atoms with E-state index in [0.717, 1.165) is 68.9 Å². The molecule has 1 fully saturated rings. The Morgan fingerprint density at radius 2 is 1.70 bits per heavy atom. The van der Waals surface area contributed by atoms with Crippen molar-refractivity contribution in [3.8, 4) is 0 Å². The molecule has 1 atom stereocenters. The first-order valence-corrected chi connectivity index (χ1v) is 13.2. The Labute approximate surface area is 245 Å². The van der Waals surface area contributed by atoms with Crippen molar-refractivity contribution in [2.75, 3.05) is 23.4 Å². The van der Waals surface area contributed by atoms with Crippen molar-refractivity contribution in [2.45, 2.75) is 51.1 Å². The molecule has 11 nitrogen and oxygen atoms in total. The summed E-state index contributed by atoms with van der Waals surface area (Å²) >= 11 is 0. The summed E-state index contributed by atoms with van der Waals surface area (Å²) in [5.41, 5.74) is 10.6. The molecular formula is C28H33F4N7O4. The quantitative estimate of drug-likeness (QED) is 0.234. The van der Waals surface area contributed by atoms with Crippen LogP contribution in [-0.2, 0) is 28.0 Å². The van der Waals surface area contributed by atoms with Crippen LogP contribution in [0.15, 0.2) is 55.0 Å². The zero-order chi connectivity index (χ0) is 31.8. The first-order valence-electron chi connectivity index (χ1n) is 13.2. The fourth-order valence-corrected chi connectivity index (χ4v) is 4.56. The summed E-state index contributed by atoms with van der Waals surface area (Å²) in [5, 5.41) is 23.3. The van der Waals surface area contributed by atoms with Gasteiger partial charge in [-0.3, -0.25) is 14.6 Å². The first kappa shape index (κ1) is 33.2. The van der Waals surface area contributed by atoms with Crippen LogP contribution < -0.4 is 26.8 Å². The van der Waals surface area contributed by atoms with Crippen molar-refractivity contribution in [1.82, 2.24) is 20.7 Å². The van der Waals surface area contributed by atoms with Crippen molar-refractivity contribution in [2.24, 2.45) is 5.73 Å². The van der Waals surface area contributed by atoms with Crippen molar-refractivity contribution in [3.63, 3.8) is 0 Å². The Hall–Kier alpha value is -4.34. The van der Waals surface area contributed by atoms with E-state index in [-0.39, 0.29) is 18.2 Å². The number of anilines is 2. The normalized spacial score (nSPS) is 18.0. The van der Waals surface area contributed by atoms with Gasteiger partial charge < -0.3 is 26.6 Å². The Morgan fingerprint density at radius 3 is 2.26 bits per heavy atom. The van der Waals surface area contributed by atoms with Gasteiger partial charge in [-0.2, -0.15) is 13.2 Å². The number of rotatable bonds is 5. The molecule has 0 radical (unpaired) electrons. The average molecular weight is 608 g/mol. The molecule has 5 rings (SSSR count). The summed E-state index contributed by atoms with van der Waals surface area (Å²) < 4.78 is 52.4. The van der Waals surface area contributed by atoms with Crippen LogP contribution in [0.1, 0.15) is 48.9 Å². The van der Waals surface area contributed by atoms with Gasteiger partial charge in [0.05, 0.1) is 11.1 Å². The monoisotopic (exact) mass is 607 g/mol. The third-order valence-electron chi connectivity index (χ3n) is 6.52. The molecule has 3 aromatic rings. The lowest BCUT2D eigenvalue weighted by Gasteiger charge is -2.35. The van der Waals surface area contributed by atoms with Gasteiger partial charge in [-0.1, -0.05) is 18.2 Å². The highest BCUT2D eigenvalue weighted by Gasteiger charge is 2.44. The summed E-state index contributed by atoms with van der Waals surface area (Å²) in [5.74, 6) is -1.82. The standard InChI is InChI=1S/C24H25F4N7.2C2H4O2/c25-21-11-17(24(26,27)28)2-1-15(21)12-32-18-5-3-16(4-6-18)23(29)20-13-31-14-33-22(20)35(34-23)19-7-9-30-10-8-19;2*1-2(3)4/h1-6,11,13-14,19,30,32,34H,7-10,12,29H2;2*1H3,(H,3,4). The number of nitrogens with zero attached hydrogens (tertiary/aromatic N) is 3. The summed E-state index contributed by atoms with van der Waals surface area (Å²) in [7, 11) is 0. The topological polar surface area (TPSA) is 166 Å². The lowest BCUT2D eigenvalue weighted by atomic mass is 9.95. The molecule has 2 aliphatic rings. The van der Waals surface area contributed by atoms with Crippen molar-refractivity contribution in [1.29, 1.82) is 0 Å². The van der Waals surface area contributed by atoms with Crippen molar-refractivity contribution in [3.05, 3.63) is 83.1 Å². The molecule has 2 aromatic carbocycles. The van der Waals surface area contributed by atoms with Crippen LogP contribution in [-0.4, -0.2) is 51.3 Å². The van der Waals surface area contributed by atoms with E-state index in [9.17, 15) is 17.6 Å². The third kappa shape index (κ3) is 8.83. The molecule has 0 saturated carbocycles. The van der Waals surface area contributed by atoms with Crippen molar-refractivity contribution < 1.29 is 37.4 Å². The molecule has 232 valence electrons. The van der Waals surface area contributed by atoms with Gasteiger partial charge in [0.1, 0.15) is 17.8 Å². The highest BCUT2D eigenvalue weighted by Crippen LogP contribution is 2.38. The smallest absolute Gasteiger partial charge is 0.416 e. The molecule has 1 aromatic heterocycles. The van der Waals surface area contributed by atoms with Crippen LogP contribution in [0.5, 0.6) is 0 Å². The summed E-state index contributed by atoms with van der Waals surface area (Å²) in [6.07, 6.45) is 0.553. The van der Waals surface area contributed by atoms with Crippen LogP contribution in [0.2, 0.25) is 0 Å². The van der Waals surface area contributed by atoms with Crippen molar-refractivity contribution >= 4 is 23.4 Å². The Morgan fingerprint density at radius 1 is 1.09 bits per heavy atom. The SMILES string of the molecule is CC(=O)O.CC(=O)O.NC1(c2ccc(NCc3ccc(C(F)(F)F)cc3F)cc2)NN(C2CCNCC2)c2ncncc21. The number of alkyl halides is 3. The summed E-state index contributed by atoms with van der Waals surface area (Å²) in [4.78, 5) is 26.7. The largest absolute Gasteiger partial charge is 0.481 e. The third-order valence-corrected chi connectivity index (χ3v) is 6.52. The second-order valence-corrected chi connectivity index (χ2v) is 9.80. The number of carboxylic acids is 2. The molecule has 15 heteroatoms. The predicted molar refractivity (Wildman–Crippen MR) is 150 cm³/mol. The number of piperidine rings is 1. The van der Waals surface area contributed by atoms with Gasteiger partial charge in [-0.25, -0.2) is 19.8 Å². The zero-order valence-corrected chi connectivity index (χ0v) is 23.5. The molecule has 3 heterocycles. The number of halogens is 4. The number of nitrogens with one attached hydrogen (secondary N) is 3. The minimum atomic E-state index is -4.58. The van der Waals surface area contributed by atoms with E-state index in [0.29, 0.717) is 11.8 Å². The van der Waals surface area contributed by atoms with Crippen LogP contribution in [0.4, 0.5) is 29.1 Å². The first-order chi connectivity index (χ1) is 20.2. The number of benzene rings is 2. The number of hydrazine groups is 1. The van der Waals surface area contributed by atoms with Gasteiger partial charge >= 0.3 is 6.18 Å². The van der Waals surface area contributed by atoms with E-state index < -0.39 is 35.2 Å². The number of aliphatic carboxylic acids is 2. The average Bonchev–Trinajstić information content (AvgIpc) is 3.26. The number of nitrogens with two attached hydrogens (primary N) is 1. The number of aromatic nitrogens is 2. The van der Waals surface area contributed by atoms with Gasteiger partial charge in [-0.05, 0) is 55.8 Å². The van der Waals surface area contributed by atoms with Gasteiger partial charge in [-0.15, -0.1) is 0 Å². The van der Waals surface area contributed by atoms with Crippen LogP contribution in [0, 0.1) is 5.82 Å². The number of carbonyl (C=O) groups is 2. The van der Waals surface area contributed by atoms with Gasteiger partial charge in [0.15, 0.2) is 5.82 Å². The minimum Gasteiger partial charge on any atom is -0.481 e. The number of fused-ring (bicyclic) bond motifs is 1. The lowest BCUT2D eigenvalue weighted by Crippen LogP contribution is -2.57. The predicted octanol–water partition coefficient (Wildman–Crippen LogP) is 3.66. The molecule has 0 bridgehead atoms. The second kappa shape index (κ2) is 14.2. The fraction of sp³-hybridized carbons (Fsp3) is 0.357. The van der Waals surface area contributed by atoms with E-state index in [1.807, 2.05) is 17.1 Å². The molecular weight excluding hydrogens is 574 g/mol. The Balaban J connectivity index is 0.000000566. The van der Waals surface area contributed by atoms with Crippen LogP contribution in [0.3, 0.4) is 0 Å². The maximum Gasteiger partial charge on any atom is 0.416 e. The maximum atomic E-state index is 14.1. The molecule has 7 N–H and O–H groups in total. The number of carboxylic acid groups (broad SMARTS) is 2. The van der Waals surface area contributed by atoms with E-state index in [2.05, 4.69) is 26.0 Å². The summed E-state index contributed by atoms with van der Waals surface area (Å²) in [6.45, 7) is 4.04. The van der Waals surface area contributed by atoms with Crippen LogP contribution >= 0.6 is 0 Å². The van der Waals surface area contributed by atoms with Gasteiger partial charge in [0, 0.05) is 43.9 Å². The Kier molecular flexibility index (Phi) is 11.0. The van der Waals surface area contributed by atoms with Gasteiger partial charge in [0.2, 0.25) is 0 Å². The highest BCUT2D eigenvalue weighted by molar-refractivity contribution is 5.63. The minimum absolute atomic E-state index is 0.0372. The number of hydrogen-bond acceptors (Lipinski definition) is 9.